The summed E-state index contributed by atoms with van der Waals surface area (Å²) in [6, 6.07) is 65.7. The first kappa shape index (κ1) is 31.1. The summed E-state index contributed by atoms with van der Waals surface area (Å²) in [4.78, 5) is 14.9. The molecule has 0 bridgehead atoms. The molecule has 0 aliphatic rings. The Morgan fingerprint density at radius 3 is 1.36 bits per heavy atom. The highest BCUT2D eigenvalue weighted by Crippen LogP contribution is 2.46. The van der Waals surface area contributed by atoms with E-state index in [4.69, 9.17) is 19.4 Å². The van der Waals surface area contributed by atoms with Crippen LogP contribution in [-0.2, 0) is 0 Å². The minimum atomic E-state index is 0.630. The standard InChI is InChI=1S/C51H31N3O/c1-3-15-32(16-4-1)49-52-50(33-17-5-2-6-18-33)54-51(53-49)37-22-14-20-35(30-37)34-19-13-21-36(29-34)43-31-44-40-25-8-7-23-38(40)39-24-9-10-26-41(39)46(44)48-47(43)42-27-11-12-28-45(42)55-48/h1-31H. The number of rotatable bonds is 5. The van der Waals surface area contributed by atoms with Gasteiger partial charge < -0.3 is 4.42 Å². The van der Waals surface area contributed by atoms with Gasteiger partial charge in [-0.1, -0.05) is 164 Å². The van der Waals surface area contributed by atoms with Crippen LogP contribution < -0.4 is 0 Å². The molecule has 0 saturated heterocycles. The fourth-order valence-corrected chi connectivity index (χ4v) is 8.14. The van der Waals surface area contributed by atoms with Gasteiger partial charge >= 0.3 is 0 Å². The van der Waals surface area contributed by atoms with Crippen LogP contribution in [0.1, 0.15) is 0 Å². The van der Waals surface area contributed by atoms with Crippen molar-refractivity contribution in [2.24, 2.45) is 0 Å². The maximum absolute atomic E-state index is 6.83. The highest BCUT2D eigenvalue weighted by Gasteiger charge is 2.21. The molecule has 9 aromatic carbocycles. The molecule has 2 aromatic heterocycles. The van der Waals surface area contributed by atoms with Crippen LogP contribution in [0.15, 0.2) is 192 Å². The third kappa shape index (κ3) is 5.19. The Kier molecular flexibility index (Phi) is 7.14. The molecule has 0 atom stereocenters. The largest absolute Gasteiger partial charge is 0.455 e. The van der Waals surface area contributed by atoms with Crippen molar-refractivity contribution in [2.45, 2.75) is 0 Å². The van der Waals surface area contributed by atoms with E-state index in [1.54, 1.807) is 0 Å². The van der Waals surface area contributed by atoms with Crippen LogP contribution in [0.3, 0.4) is 0 Å². The van der Waals surface area contributed by atoms with Crippen molar-refractivity contribution in [3.05, 3.63) is 188 Å². The second kappa shape index (κ2) is 12.6. The van der Waals surface area contributed by atoms with E-state index in [1.165, 1.54) is 26.9 Å². The van der Waals surface area contributed by atoms with E-state index in [-0.39, 0.29) is 0 Å². The minimum absolute atomic E-state index is 0.630. The molecule has 0 saturated carbocycles. The SMILES string of the molecule is c1ccc(-c2nc(-c3ccccc3)nc(-c3cccc(-c4cccc(-c5cc6c7ccccc7c7ccccc7c6c6oc7ccccc7c56)c4)c3)n2)cc1. The van der Waals surface area contributed by atoms with Crippen LogP contribution >= 0.6 is 0 Å². The molecule has 11 rings (SSSR count). The molecule has 0 spiro atoms. The minimum Gasteiger partial charge on any atom is -0.455 e. The van der Waals surface area contributed by atoms with E-state index in [0.717, 1.165) is 66.3 Å². The lowest BCUT2D eigenvalue weighted by Crippen LogP contribution is -2.00. The molecule has 4 heteroatoms. The number of para-hydroxylation sites is 1. The van der Waals surface area contributed by atoms with Gasteiger partial charge in [0.1, 0.15) is 11.2 Å². The van der Waals surface area contributed by atoms with Gasteiger partial charge in [-0.25, -0.2) is 15.0 Å². The first-order valence-electron chi connectivity index (χ1n) is 18.5. The molecule has 256 valence electrons. The molecule has 2 heterocycles. The summed E-state index contributed by atoms with van der Waals surface area (Å²) < 4.78 is 6.83. The van der Waals surface area contributed by atoms with Gasteiger partial charge in [0.2, 0.25) is 0 Å². The van der Waals surface area contributed by atoms with Crippen molar-refractivity contribution in [1.29, 1.82) is 0 Å². The average molecular weight is 702 g/mol. The maximum atomic E-state index is 6.83. The average Bonchev–Trinajstić information content (AvgIpc) is 3.66. The smallest absolute Gasteiger partial charge is 0.164 e. The molecular formula is C51H31N3O. The second-order valence-corrected chi connectivity index (χ2v) is 13.9. The molecule has 55 heavy (non-hydrogen) atoms. The number of aromatic nitrogens is 3. The van der Waals surface area contributed by atoms with Crippen molar-refractivity contribution in [1.82, 2.24) is 15.0 Å². The van der Waals surface area contributed by atoms with Crippen molar-refractivity contribution in [3.63, 3.8) is 0 Å². The van der Waals surface area contributed by atoms with Crippen LogP contribution in [-0.4, -0.2) is 15.0 Å². The summed E-state index contributed by atoms with van der Waals surface area (Å²) in [5, 5.41) is 9.44. The second-order valence-electron chi connectivity index (χ2n) is 13.9. The van der Waals surface area contributed by atoms with Crippen LogP contribution in [0, 0.1) is 0 Å². The third-order valence-electron chi connectivity index (χ3n) is 10.7. The highest BCUT2D eigenvalue weighted by atomic mass is 16.3. The fraction of sp³-hybridized carbons (Fsp3) is 0. The molecule has 0 unspecified atom stereocenters. The Bertz CT molecular complexity index is 3200. The summed E-state index contributed by atoms with van der Waals surface area (Å²) in [6.45, 7) is 0. The van der Waals surface area contributed by atoms with Gasteiger partial charge in [-0.3, -0.25) is 0 Å². The Labute approximate surface area is 317 Å². The molecule has 4 nitrogen and oxygen atoms in total. The topological polar surface area (TPSA) is 51.8 Å². The summed E-state index contributed by atoms with van der Waals surface area (Å²) in [5.74, 6) is 1.92. The number of furan rings is 1. The van der Waals surface area contributed by atoms with E-state index < -0.39 is 0 Å². The van der Waals surface area contributed by atoms with Crippen LogP contribution in [0.25, 0.3) is 111 Å². The van der Waals surface area contributed by atoms with Gasteiger partial charge in [0, 0.05) is 32.8 Å². The normalized spacial score (nSPS) is 11.6. The molecule has 0 amide bonds. The predicted molar refractivity (Wildman–Crippen MR) is 227 cm³/mol. The Morgan fingerprint density at radius 2 is 0.727 bits per heavy atom. The number of hydrogen-bond acceptors (Lipinski definition) is 4. The zero-order valence-electron chi connectivity index (χ0n) is 29.6. The third-order valence-corrected chi connectivity index (χ3v) is 10.7. The lowest BCUT2D eigenvalue weighted by molar-refractivity contribution is 0.673. The predicted octanol–water partition coefficient (Wildman–Crippen LogP) is 13.6. The number of nitrogens with zero attached hydrogens (tertiary/aromatic N) is 3. The molecular weight excluding hydrogens is 671 g/mol. The van der Waals surface area contributed by atoms with Crippen LogP contribution in [0.2, 0.25) is 0 Å². The summed E-state index contributed by atoms with van der Waals surface area (Å²) in [5.41, 5.74) is 9.06. The van der Waals surface area contributed by atoms with Crippen LogP contribution in [0.4, 0.5) is 0 Å². The monoisotopic (exact) mass is 701 g/mol. The van der Waals surface area contributed by atoms with E-state index in [1.807, 2.05) is 66.7 Å². The van der Waals surface area contributed by atoms with E-state index in [2.05, 4.69) is 121 Å². The van der Waals surface area contributed by atoms with Gasteiger partial charge in [0.05, 0.1) is 0 Å². The van der Waals surface area contributed by atoms with Gasteiger partial charge in [-0.15, -0.1) is 0 Å². The quantitative estimate of drug-likeness (QED) is 0.168. The lowest BCUT2D eigenvalue weighted by Gasteiger charge is -2.14. The zero-order valence-corrected chi connectivity index (χ0v) is 29.6. The molecule has 0 fully saturated rings. The molecule has 0 aliphatic carbocycles. The van der Waals surface area contributed by atoms with Gasteiger partial charge in [-0.05, 0) is 73.5 Å². The molecule has 11 aromatic rings. The number of hydrogen-bond donors (Lipinski definition) is 0. The van der Waals surface area contributed by atoms with Crippen LogP contribution in [0.5, 0.6) is 0 Å². The number of benzene rings is 9. The molecule has 0 N–H and O–H groups in total. The summed E-state index contributed by atoms with van der Waals surface area (Å²) >= 11 is 0. The lowest BCUT2D eigenvalue weighted by atomic mass is 9.88. The maximum Gasteiger partial charge on any atom is 0.164 e. The van der Waals surface area contributed by atoms with E-state index in [9.17, 15) is 0 Å². The molecule has 0 aliphatic heterocycles. The van der Waals surface area contributed by atoms with Gasteiger partial charge in [0.25, 0.3) is 0 Å². The summed E-state index contributed by atoms with van der Waals surface area (Å²) in [6.07, 6.45) is 0. The first-order valence-corrected chi connectivity index (χ1v) is 18.5. The number of fused-ring (bicyclic) bond motifs is 10. The Hall–Kier alpha value is -7.43. The van der Waals surface area contributed by atoms with Gasteiger partial charge in [-0.2, -0.15) is 0 Å². The van der Waals surface area contributed by atoms with Gasteiger partial charge in [0.15, 0.2) is 17.5 Å². The van der Waals surface area contributed by atoms with E-state index in [0.29, 0.717) is 17.5 Å². The summed E-state index contributed by atoms with van der Waals surface area (Å²) in [7, 11) is 0. The van der Waals surface area contributed by atoms with Crippen molar-refractivity contribution >= 4 is 54.3 Å². The molecule has 0 radical (unpaired) electrons. The highest BCUT2D eigenvalue weighted by molar-refractivity contribution is 6.34. The first-order chi connectivity index (χ1) is 27.3. The van der Waals surface area contributed by atoms with Crippen molar-refractivity contribution in [2.75, 3.05) is 0 Å². The fourth-order valence-electron chi connectivity index (χ4n) is 8.14. The Morgan fingerprint density at radius 1 is 0.291 bits per heavy atom. The van der Waals surface area contributed by atoms with E-state index >= 15 is 0 Å². The van der Waals surface area contributed by atoms with Crippen molar-refractivity contribution in [3.8, 4) is 56.4 Å². The van der Waals surface area contributed by atoms with Crippen molar-refractivity contribution < 1.29 is 4.42 Å². The zero-order chi connectivity index (χ0) is 36.3. The Balaban J connectivity index is 1.11.